The van der Waals surface area contributed by atoms with Gasteiger partial charge in [0.1, 0.15) is 5.76 Å². The largest absolute Gasteiger partial charge is 0.467 e. The Balaban J connectivity index is 1.85. The van der Waals surface area contributed by atoms with E-state index in [0.29, 0.717) is 23.6 Å². The number of Topliss-reactive ketones (excluding diaryl/α,β-unsaturated/α-hetero) is 1. The summed E-state index contributed by atoms with van der Waals surface area (Å²) < 4.78 is 5.12. The van der Waals surface area contributed by atoms with Crippen LogP contribution in [0.4, 0.5) is 5.69 Å². The first-order valence-electron chi connectivity index (χ1n) is 6.29. The number of carbonyl (C=O) groups is 2. The van der Waals surface area contributed by atoms with E-state index in [2.05, 4.69) is 10.6 Å². The molecule has 0 bridgehead atoms. The van der Waals surface area contributed by atoms with Crippen molar-refractivity contribution in [1.82, 2.24) is 5.32 Å². The van der Waals surface area contributed by atoms with Gasteiger partial charge in [0, 0.05) is 11.3 Å². The van der Waals surface area contributed by atoms with Gasteiger partial charge >= 0.3 is 0 Å². The van der Waals surface area contributed by atoms with Crippen LogP contribution in [0.15, 0.2) is 47.1 Å². The summed E-state index contributed by atoms with van der Waals surface area (Å²) in [6.07, 6.45) is 1.56. The van der Waals surface area contributed by atoms with Crippen molar-refractivity contribution in [3.05, 3.63) is 54.0 Å². The standard InChI is InChI=1S/C15H16N2O3/c1-11(18)13-6-2-3-7-14(13)16-10-15(19)17-9-12-5-4-8-20-12/h2-8,16H,9-10H2,1H3,(H,17,19). The fraction of sp³-hybridized carbons (Fsp3) is 0.200. The molecule has 2 rings (SSSR count). The molecule has 0 radical (unpaired) electrons. The second-order valence-electron chi connectivity index (χ2n) is 4.31. The fourth-order valence-corrected chi connectivity index (χ4v) is 1.78. The van der Waals surface area contributed by atoms with Crippen LogP contribution in [-0.4, -0.2) is 18.2 Å². The molecule has 0 unspecified atom stereocenters. The first-order valence-corrected chi connectivity index (χ1v) is 6.29. The molecule has 0 aliphatic heterocycles. The highest BCUT2D eigenvalue weighted by molar-refractivity contribution is 6.00. The number of ketones is 1. The molecule has 0 spiro atoms. The predicted octanol–water partition coefficient (Wildman–Crippen LogP) is 2.21. The molecular formula is C15H16N2O3. The highest BCUT2D eigenvalue weighted by atomic mass is 16.3. The summed E-state index contributed by atoms with van der Waals surface area (Å²) in [5.74, 6) is 0.492. The average molecular weight is 272 g/mol. The van der Waals surface area contributed by atoms with Crippen molar-refractivity contribution in [2.24, 2.45) is 0 Å². The number of carbonyl (C=O) groups excluding carboxylic acids is 2. The van der Waals surface area contributed by atoms with Gasteiger partial charge < -0.3 is 15.1 Å². The van der Waals surface area contributed by atoms with Gasteiger partial charge in [-0.05, 0) is 31.2 Å². The first kappa shape index (κ1) is 13.9. The lowest BCUT2D eigenvalue weighted by molar-refractivity contribution is -0.119. The molecule has 5 nitrogen and oxygen atoms in total. The van der Waals surface area contributed by atoms with Crippen LogP contribution >= 0.6 is 0 Å². The SMILES string of the molecule is CC(=O)c1ccccc1NCC(=O)NCc1ccco1. The summed E-state index contributed by atoms with van der Waals surface area (Å²) in [6.45, 7) is 1.95. The quantitative estimate of drug-likeness (QED) is 0.791. The zero-order valence-corrected chi connectivity index (χ0v) is 11.2. The monoisotopic (exact) mass is 272 g/mol. The summed E-state index contributed by atoms with van der Waals surface area (Å²) >= 11 is 0. The van der Waals surface area contributed by atoms with Crippen molar-refractivity contribution >= 4 is 17.4 Å². The molecule has 1 aromatic carbocycles. The molecule has 1 amide bonds. The molecule has 0 fully saturated rings. The summed E-state index contributed by atoms with van der Waals surface area (Å²) in [7, 11) is 0. The van der Waals surface area contributed by atoms with Crippen LogP contribution in [0.25, 0.3) is 0 Å². The number of nitrogens with one attached hydrogen (secondary N) is 2. The van der Waals surface area contributed by atoms with Crippen molar-refractivity contribution in [2.45, 2.75) is 13.5 Å². The Bertz CT molecular complexity index is 591. The van der Waals surface area contributed by atoms with E-state index in [1.807, 2.05) is 6.07 Å². The van der Waals surface area contributed by atoms with Gasteiger partial charge in [-0.2, -0.15) is 0 Å². The second kappa shape index (κ2) is 6.56. The Morgan fingerprint density at radius 3 is 2.65 bits per heavy atom. The van der Waals surface area contributed by atoms with Gasteiger partial charge in [-0.1, -0.05) is 12.1 Å². The number of hydrogen-bond donors (Lipinski definition) is 2. The van der Waals surface area contributed by atoms with E-state index in [9.17, 15) is 9.59 Å². The third kappa shape index (κ3) is 3.71. The maximum atomic E-state index is 11.7. The lowest BCUT2D eigenvalue weighted by Gasteiger charge is -2.10. The van der Waals surface area contributed by atoms with Gasteiger partial charge in [0.05, 0.1) is 19.4 Å². The lowest BCUT2D eigenvalue weighted by Crippen LogP contribution is -2.29. The second-order valence-corrected chi connectivity index (χ2v) is 4.31. The summed E-state index contributed by atoms with van der Waals surface area (Å²) in [6, 6.07) is 10.7. The van der Waals surface area contributed by atoms with Gasteiger partial charge in [-0.15, -0.1) is 0 Å². The van der Waals surface area contributed by atoms with Crippen LogP contribution in [0.1, 0.15) is 23.0 Å². The number of furan rings is 1. The Morgan fingerprint density at radius 2 is 1.95 bits per heavy atom. The normalized spacial score (nSPS) is 10.1. The fourth-order valence-electron chi connectivity index (χ4n) is 1.78. The van der Waals surface area contributed by atoms with Crippen LogP contribution in [0, 0.1) is 0 Å². The molecule has 104 valence electrons. The van der Waals surface area contributed by atoms with E-state index in [-0.39, 0.29) is 18.2 Å². The van der Waals surface area contributed by atoms with E-state index in [1.165, 1.54) is 6.92 Å². The Labute approximate surface area is 117 Å². The molecule has 5 heteroatoms. The summed E-state index contributed by atoms with van der Waals surface area (Å²) in [5, 5.41) is 5.68. The Hall–Kier alpha value is -2.56. The highest BCUT2D eigenvalue weighted by Crippen LogP contribution is 2.14. The number of rotatable bonds is 6. The van der Waals surface area contributed by atoms with E-state index in [1.54, 1.807) is 36.6 Å². The smallest absolute Gasteiger partial charge is 0.239 e. The van der Waals surface area contributed by atoms with Crippen molar-refractivity contribution in [3.8, 4) is 0 Å². The maximum Gasteiger partial charge on any atom is 0.239 e. The van der Waals surface area contributed by atoms with Gasteiger partial charge in [0.25, 0.3) is 0 Å². The molecule has 2 N–H and O–H groups in total. The van der Waals surface area contributed by atoms with Crippen LogP contribution in [0.2, 0.25) is 0 Å². The number of amides is 1. The van der Waals surface area contributed by atoms with Gasteiger partial charge in [-0.3, -0.25) is 9.59 Å². The first-order chi connectivity index (χ1) is 9.66. The summed E-state index contributed by atoms with van der Waals surface area (Å²) in [4.78, 5) is 23.1. The average Bonchev–Trinajstić information content (AvgIpc) is 2.96. The van der Waals surface area contributed by atoms with E-state index in [4.69, 9.17) is 4.42 Å². The minimum atomic E-state index is -0.167. The number of anilines is 1. The van der Waals surface area contributed by atoms with Crippen LogP contribution < -0.4 is 10.6 Å². The Morgan fingerprint density at radius 1 is 1.15 bits per heavy atom. The zero-order chi connectivity index (χ0) is 14.4. The third-order valence-electron chi connectivity index (χ3n) is 2.79. The number of para-hydroxylation sites is 1. The number of benzene rings is 1. The van der Waals surface area contributed by atoms with E-state index in [0.717, 1.165) is 0 Å². The molecule has 2 aromatic rings. The van der Waals surface area contributed by atoms with Crippen molar-refractivity contribution in [1.29, 1.82) is 0 Å². The van der Waals surface area contributed by atoms with Gasteiger partial charge in [-0.25, -0.2) is 0 Å². The summed E-state index contributed by atoms with van der Waals surface area (Å²) in [5.41, 5.74) is 1.24. The molecular weight excluding hydrogens is 256 g/mol. The molecule has 0 atom stereocenters. The number of hydrogen-bond acceptors (Lipinski definition) is 4. The van der Waals surface area contributed by atoms with E-state index >= 15 is 0 Å². The van der Waals surface area contributed by atoms with E-state index < -0.39 is 0 Å². The Kier molecular flexibility index (Phi) is 4.55. The molecule has 1 aromatic heterocycles. The molecule has 1 heterocycles. The van der Waals surface area contributed by atoms with Crippen molar-refractivity contribution in [3.63, 3.8) is 0 Å². The van der Waals surface area contributed by atoms with Crippen LogP contribution in [0.3, 0.4) is 0 Å². The van der Waals surface area contributed by atoms with Crippen molar-refractivity contribution in [2.75, 3.05) is 11.9 Å². The molecule has 20 heavy (non-hydrogen) atoms. The van der Waals surface area contributed by atoms with Crippen molar-refractivity contribution < 1.29 is 14.0 Å². The van der Waals surface area contributed by atoms with Crippen LogP contribution in [-0.2, 0) is 11.3 Å². The van der Waals surface area contributed by atoms with Crippen LogP contribution in [0.5, 0.6) is 0 Å². The molecule has 0 saturated carbocycles. The third-order valence-corrected chi connectivity index (χ3v) is 2.79. The van der Waals surface area contributed by atoms with Gasteiger partial charge in [0.15, 0.2) is 5.78 Å². The highest BCUT2D eigenvalue weighted by Gasteiger charge is 2.07. The molecule has 0 aliphatic carbocycles. The lowest BCUT2D eigenvalue weighted by atomic mass is 10.1. The van der Waals surface area contributed by atoms with Gasteiger partial charge in [0.2, 0.25) is 5.91 Å². The zero-order valence-electron chi connectivity index (χ0n) is 11.2. The maximum absolute atomic E-state index is 11.7. The molecule has 0 saturated heterocycles. The topological polar surface area (TPSA) is 71.3 Å². The minimum Gasteiger partial charge on any atom is -0.467 e. The molecule has 0 aliphatic rings. The predicted molar refractivity (Wildman–Crippen MR) is 75.5 cm³/mol. The minimum absolute atomic E-state index is 0.0379.